The SMILES string of the molecule is CC[C@H]1[C@@H](OCOC)C2C3CC[C@H]([C@H](C)CCC(=N)NO)[C@@]3(C)C[C@H](C)C2[C@@]2(C)CC[C@@H](C)C[C@@H]12. The third kappa shape index (κ3) is 4.61. The van der Waals surface area contributed by atoms with Crippen LogP contribution in [0.15, 0.2) is 0 Å². The van der Waals surface area contributed by atoms with Gasteiger partial charge in [-0.25, -0.2) is 0 Å². The van der Waals surface area contributed by atoms with Gasteiger partial charge in [-0.15, -0.1) is 0 Å². The van der Waals surface area contributed by atoms with Crippen molar-refractivity contribution in [2.24, 2.45) is 64.1 Å². The van der Waals surface area contributed by atoms with Gasteiger partial charge in [0.05, 0.1) is 6.10 Å². The predicted molar refractivity (Wildman–Crippen MR) is 141 cm³/mol. The van der Waals surface area contributed by atoms with Gasteiger partial charge in [-0.05, 0) is 103 Å². The highest BCUT2D eigenvalue weighted by molar-refractivity contribution is 5.77. The molecule has 0 saturated heterocycles. The van der Waals surface area contributed by atoms with Gasteiger partial charge in [-0.3, -0.25) is 16.1 Å². The van der Waals surface area contributed by atoms with Crippen molar-refractivity contribution in [2.75, 3.05) is 13.9 Å². The minimum Gasteiger partial charge on any atom is -0.359 e. The molecular weight excluding hydrogens is 436 g/mol. The lowest BCUT2D eigenvalue weighted by Gasteiger charge is -2.67. The number of nitrogens with one attached hydrogen (secondary N) is 2. The van der Waals surface area contributed by atoms with Crippen molar-refractivity contribution in [2.45, 2.75) is 105 Å². The first kappa shape index (κ1) is 27.4. The maximum atomic E-state index is 9.10. The zero-order chi connectivity index (χ0) is 25.5. The van der Waals surface area contributed by atoms with E-state index in [-0.39, 0.29) is 5.84 Å². The molecule has 0 heterocycles. The van der Waals surface area contributed by atoms with E-state index < -0.39 is 0 Å². The first-order chi connectivity index (χ1) is 16.6. The Balaban J connectivity index is 1.69. The van der Waals surface area contributed by atoms with Crippen LogP contribution in [0.1, 0.15) is 99.3 Å². The molecule has 202 valence electrons. The summed E-state index contributed by atoms with van der Waals surface area (Å²) >= 11 is 0. The molecule has 4 saturated carbocycles. The fourth-order valence-electron chi connectivity index (χ4n) is 10.8. The van der Waals surface area contributed by atoms with Crippen LogP contribution >= 0.6 is 0 Å². The van der Waals surface area contributed by atoms with Gasteiger partial charge in [0.2, 0.25) is 0 Å². The number of hydroxylamine groups is 1. The Morgan fingerprint density at radius 3 is 2.54 bits per heavy atom. The molecule has 0 aliphatic heterocycles. The van der Waals surface area contributed by atoms with Gasteiger partial charge in [0.1, 0.15) is 12.6 Å². The van der Waals surface area contributed by atoms with Gasteiger partial charge in [0.25, 0.3) is 0 Å². The zero-order valence-corrected chi connectivity index (χ0v) is 23.6. The Labute approximate surface area is 215 Å². The highest BCUT2D eigenvalue weighted by Crippen LogP contribution is 2.71. The van der Waals surface area contributed by atoms with Crippen LogP contribution in [0.4, 0.5) is 0 Å². The molecular formula is C30H54N2O3. The summed E-state index contributed by atoms with van der Waals surface area (Å²) in [5, 5.41) is 17.0. The minimum atomic E-state index is 0.241. The second-order valence-electron chi connectivity index (χ2n) is 13.8. The second-order valence-corrected chi connectivity index (χ2v) is 13.8. The van der Waals surface area contributed by atoms with Gasteiger partial charge in [0.15, 0.2) is 0 Å². The number of hydrogen-bond donors (Lipinski definition) is 3. The van der Waals surface area contributed by atoms with E-state index in [1.165, 1.54) is 44.9 Å². The Morgan fingerprint density at radius 2 is 1.89 bits per heavy atom. The first-order valence-electron chi connectivity index (χ1n) is 14.7. The molecule has 0 radical (unpaired) electrons. The van der Waals surface area contributed by atoms with E-state index in [0.29, 0.717) is 65.7 Å². The lowest BCUT2D eigenvalue weighted by molar-refractivity contribution is -0.244. The Kier molecular flexibility index (Phi) is 8.30. The van der Waals surface area contributed by atoms with Crippen LogP contribution < -0.4 is 5.48 Å². The number of rotatable bonds is 8. The number of methoxy groups -OCH3 is 1. The van der Waals surface area contributed by atoms with Gasteiger partial charge in [-0.2, -0.15) is 0 Å². The summed E-state index contributed by atoms with van der Waals surface area (Å²) in [4.78, 5) is 0. The van der Waals surface area contributed by atoms with Crippen LogP contribution in [-0.2, 0) is 9.47 Å². The monoisotopic (exact) mass is 490 g/mol. The van der Waals surface area contributed by atoms with Crippen LogP contribution in [0.3, 0.4) is 0 Å². The van der Waals surface area contributed by atoms with E-state index in [0.717, 1.165) is 24.2 Å². The molecule has 0 aromatic rings. The maximum absolute atomic E-state index is 9.10. The van der Waals surface area contributed by atoms with Crippen LogP contribution in [0.5, 0.6) is 0 Å². The summed E-state index contributed by atoms with van der Waals surface area (Å²) in [6.07, 6.45) is 11.2. The molecule has 0 spiro atoms. The molecule has 5 heteroatoms. The number of ether oxygens (including phenoxy) is 2. The maximum Gasteiger partial charge on any atom is 0.146 e. The molecule has 35 heavy (non-hydrogen) atoms. The largest absolute Gasteiger partial charge is 0.359 e. The fourth-order valence-corrected chi connectivity index (χ4v) is 10.8. The molecule has 4 fully saturated rings. The summed E-state index contributed by atoms with van der Waals surface area (Å²) in [7, 11) is 1.77. The number of hydrogen-bond acceptors (Lipinski definition) is 4. The lowest BCUT2D eigenvalue weighted by atomic mass is 9.39. The summed E-state index contributed by atoms with van der Waals surface area (Å²) < 4.78 is 12.3. The average Bonchev–Trinajstić information content (AvgIpc) is 3.17. The van der Waals surface area contributed by atoms with Crippen molar-refractivity contribution in [3.63, 3.8) is 0 Å². The molecule has 0 aromatic carbocycles. The second kappa shape index (κ2) is 10.6. The summed E-state index contributed by atoms with van der Waals surface area (Å²) in [6.45, 7) is 15.6. The molecule has 0 bridgehead atoms. The molecule has 3 unspecified atom stereocenters. The molecule has 12 atom stereocenters. The van der Waals surface area contributed by atoms with Crippen molar-refractivity contribution < 1.29 is 14.7 Å². The summed E-state index contributed by atoms with van der Waals surface area (Å²) in [6, 6.07) is 0. The van der Waals surface area contributed by atoms with Crippen molar-refractivity contribution >= 4 is 5.84 Å². The van der Waals surface area contributed by atoms with E-state index >= 15 is 0 Å². The highest BCUT2D eigenvalue weighted by atomic mass is 16.7. The van der Waals surface area contributed by atoms with Crippen molar-refractivity contribution in [3.8, 4) is 0 Å². The third-order valence-electron chi connectivity index (χ3n) is 12.0. The molecule has 4 rings (SSSR count). The topological polar surface area (TPSA) is 74.6 Å². The van der Waals surface area contributed by atoms with Crippen LogP contribution in [0.2, 0.25) is 0 Å². The first-order valence-corrected chi connectivity index (χ1v) is 14.7. The molecule has 3 N–H and O–H groups in total. The van der Waals surface area contributed by atoms with Gasteiger partial charge < -0.3 is 9.47 Å². The standard InChI is InChI=1S/C30H54N2O3/c1-8-21-24-15-18(2)13-14-29(24,5)27-20(4)16-30(6)22(19(3)9-12-25(31)32-33)10-11-23(30)26(27)28(21)35-17-34-7/h18-24,26-28,33H,8-17H2,1-7H3,(H2,31,32)/t18-,19-,20+,21-,22-,23?,24+,26?,27?,28-,29+,30-/m1/s1. The summed E-state index contributed by atoms with van der Waals surface area (Å²) in [5.41, 5.74) is 2.80. The van der Waals surface area contributed by atoms with Crippen LogP contribution in [0.25, 0.3) is 0 Å². The van der Waals surface area contributed by atoms with Crippen LogP contribution in [-0.4, -0.2) is 31.0 Å². The normalized spacial score (nSPS) is 47.9. The fraction of sp³-hybridized carbons (Fsp3) is 0.967. The number of amidine groups is 1. The molecule has 4 aliphatic rings. The van der Waals surface area contributed by atoms with Gasteiger partial charge in [-0.1, -0.05) is 54.4 Å². The van der Waals surface area contributed by atoms with E-state index in [1.54, 1.807) is 7.11 Å². The van der Waals surface area contributed by atoms with Crippen molar-refractivity contribution in [1.29, 1.82) is 5.41 Å². The molecule has 0 aromatic heterocycles. The minimum absolute atomic E-state index is 0.241. The number of fused-ring (bicyclic) bond motifs is 5. The highest BCUT2D eigenvalue weighted by Gasteiger charge is 2.66. The van der Waals surface area contributed by atoms with E-state index in [4.69, 9.17) is 20.1 Å². The Morgan fingerprint density at radius 1 is 1.14 bits per heavy atom. The zero-order valence-electron chi connectivity index (χ0n) is 23.6. The molecule has 5 nitrogen and oxygen atoms in total. The predicted octanol–water partition coefficient (Wildman–Crippen LogP) is 7.13. The van der Waals surface area contributed by atoms with Gasteiger partial charge >= 0.3 is 0 Å². The van der Waals surface area contributed by atoms with E-state index in [2.05, 4.69) is 41.5 Å². The van der Waals surface area contributed by atoms with Crippen LogP contribution in [0, 0.1) is 69.5 Å². The Bertz CT molecular complexity index is 745. The Hall–Kier alpha value is -0.650. The van der Waals surface area contributed by atoms with Crippen molar-refractivity contribution in [1.82, 2.24) is 5.48 Å². The van der Waals surface area contributed by atoms with E-state index in [9.17, 15) is 0 Å². The quantitative estimate of drug-likeness (QED) is 0.146. The third-order valence-corrected chi connectivity index (χ3v) is 12.0. The van der Waals surface area contributed by atoms with Crippen molar-refractivity contribution in [3.05, 3.63) is 0 Å². The van der Waals surface area contributed by atoms with E-state index in [1.807, 2.05) is 5.48 Å². The molecule has 0 amide bonds. The average molecular weight is 491 g/mol. The van der Waals surface area contributed by atoms with Gasteiger partial charge in [0, 0.05) is 13.5 Å². The summed E-state index contributed by atoms with van der Waals surface area (Å²) in [5.74, 6) is 6.48. The molecule has 4 aliphatic carbocycles. The smallest absolute Gasteiger partial charge is 0.146 e. The lowest BCUT2D eigenvalue weighted by Crippen LogP contribution is -2.64.